The van der Waals surface area contributed by atoms with Crippen LogP contribution in [-0.4, -0.2) is 16.5 Å². The SMILES string of the molecule is O=C1/C(=C\c2cc(Br)ccc2OCc2ccc([N+](=O)[O-])cc2)C(c2ccccc2)=NN1c1ccccc1. The quantitative estimate of drug-likeness (QED) is 0.143. The van der Waals surface area contributed by atoms with Crippen molar-refractivity contribution in [3.63, 3.8) is 0 Å². The highest BCUT2D eigenvalue weighted by Gasteiger charge is 2.32. The van der Waals surface area contributed by atoms with E-state index in [1.165, 1.54) is 17.1 Å². The Morgan fingerprint density at radius 2 is 1.59 bits per heavy atom. The van der Waals surface area contributed by atoms with Crippen molar-refractivity contribution in [3.8, 4) is 5.75 Å². The molecule has 1 aliphatic rings. The number of ether oxygens (including phenoxy) is 1. The highest BCUT2D eigenvalue weighted by atomic mass is 79.9. The standard InChI is InChI=1S/C29H20BrN3O4/c30-23-13-16-27(37-19-20-11-14-25(15-12-20)33(35)36)22(17-23)18-26-28(21-7-3-1-4-8-21)31-32(29(26)34)24-9-5-2-6-10-24/h1-18H,19H2/b26-18-. The maximum absolute atomic E-state index is 13.6. The zero-order chi connectivity index (χ0) is 25.8. The summed E-state index contributed by atoms with van der Waals surface area (Å²) in [5.41, 5.74) is 4.00. The number of nitro benzene ring substituents is 1. The summed E-state index contributed by atoms with van der Waals surface area (Å²) in [5, 5.41) is 17.0. The number of hydrazone groups is 1. The molecule has 182 valence electrons. The zero-order valence-corrected chi connectivity index (χ0v) is 21.0. The molecule has 0 bridgehead atoms. The van der Waals surface area contributed by atoms with Gasteiger partial charge >= 0.3 is 0 Å². The number of anilines is 1. The Labute approximate surface area is 221 Å². The molecule has 0 unspecified atom stereocenters. The number of halogens is 1. The van der Waals surface area contributed by atoms with E-state index in [1.54, 1.807) is 18.2 Å². The van der Waals surface area contributed by atoms with Gasteiger partial charge in [-0.3, -0.25) is 14.9 Å². The van der Waals surface area contributed by atoms with Gasteiger partial charge in [0.1, 0.15) is 18.1 Å². The highest BCUT2D eigenvalue weighted by molar-refractivity contribution is 9.10. The third-order valence-corrected chi connectivity index (χ3v) is 6.23. The smallest absolute Gasteiger partial charge is 0.281 e. The lowest BCUT2D eigenvalue weighted by molar-refractivity contribution is -0.384. The van der Waals surface area contributed by atoms with Gasteiger partial charge in [0.05, 0.1) is 16.2 Å². The summed E-state index contributed by atoms with van der Waals surface area (Å²) in [6, 6.07) is 30.6. The first-order valence-corrected chi connectivity index (χ1v) is 12.2. The number of rotatable bonds is 7. The van der Waals surface area contributed by atoms with Gasteiger partial charge in [-0.05, 0) is 54.1 Å². The fraction of sp³-hybridized carbons (Fsp3) is 0.0345. The predicted octanol–water partition coefficient (Wildman–Crippen LogP) is 6.77. The third kappa shape index (κ3) is 5.34. The summed E-state index contributed by atoms with van der Waals surface area (Å²) >= 11 is 3.51. The lowest BCUT2D eigenvalue weighted by Gasteiger charge is -2.12. The summed E-state index contributed by atoms with van der Waals surface area (Å²) in [6.07, 6.45) is 1.78. The molecule has 8 heteroatoms. The molecule has 4 aromatic carbocycles. The Kier molecular flexibility index (Phi) is 6.91. The minimum Gasteiger partial charge on any atom is -0.488 e. The van der Waals surface area contributed by atoms with E-state index in [2.05, 4.69) is 21.0 Å². The average molecular weight is 554 g/mol. The molecule has 37 heavy (non-hydrogen) atoms. The van der Waals surface area contributed by atoms with Crippen LogP contribution in [0.25, 0.3) is 6.08 Å². The predicted molar refractivity (Wildman–Crippen MR) is 146 cm³/mol. The number of nitrogens with zero attached hydrogens (tertiary/aromatic N) is 3. The average Bonchev–Trinajstić information content (AvgIpc) is 3.25. The Bertz CT molecular complexity index is 1520. The van der Waals surface area contributed by atoms with E-state index < -0.39 is 4.92 Å². The summed E-state index contributed by atoms with van der Waals surface area (Å²) in [5.74, 6) is 0.318. The summed E-state index contributed by atoms with van der Waals surface area (Å²) in [7, 11) is 0. The van der Waals surface area contributed by atoms with Crippen molar-refractivity contribution in [1.29, 1.82) is 0 Å². The Morgan fingerprint density at radius 3 is 2.27 bits per heavy atom. The van der Waals surface area contributed by atoms with Crippen LogP contribution < -0.4 is 9.75 Å². The summed E-state index contributed by atoms with van der Waals surface area (Å²) in [4.78, 5) is 24.1. The molecule has 1 amide bonds. The Balaban J connectivity index is 1.50. The Morgan fingerprint density at radius 1 is 0.919 bits per heavy atom. The fourth-order valence-electron chi connectivity index (χ4n) is 3.89. The minimum atomic E-state index is -0.438. The van der Waals surface area contributed by atoms with Crippen LogP contribution in [0.5, 0.6) is 5.75 Å². The number of carbonyl (C=O) groups excluding carboxylic acids is 1. The fourth-order valence-corrected chi connectivity index (χ4v) is 4.27. The third-order valence-electron chi connectivity index (χ3n) is 5.74. The van der Waals surface area contributed by atoms with Gasteiger partial charge in [0, 0.05) is 27.7 Å². The van der Waals surface area contributed by atoms with E-state index in [-0.39, 0.29) is 18.2 Å². The first kappa shape index (κ1) is 24.1. The summed E-state index contributed by atoms with van der Waals surface area (Å²) < 4.78 is 6.90. The van der Waals surface area contributed by atoms with Crippen molar-refractivity contribution in [3.05, 3.63) is 140 Å². The van der Waals surface area contributed by atoms with Gasteiger partial charge in [-0.1, -0.05) is 64.5 Å². The van der Waals surface area contributed by atoms with E-state index in [0.29, 0.717) is 28.3 Å². The Hall–Kier alpha value is -4.56. The monoisotopic (exact) mass is 553 g/mol. The number of amides is 1. The molecule has 0 fully saturated rings. The second kappa shape index (κ2) is 10.6. The van der Waals surface area contributed by atoms with E-state index in [0.717, 1.165) is 15.6 Å². The molecule has 1 heterocycles. The topological polar surface area (TPSA) is 85.0 Å². The van der Waals surface area contributed by atoms with E-state index in [9.17, 15) is 14.9 Å². The van der Waals surface area contributed by atoms with Gasteiger partial charge in [-0.25, -0.2) is 0 Å². The van der Waals surface area contributed by atoms with Gasteiger partial charge in [0.25, 0.3) is 11.6 Å². The lowest BCUT2D eigenvalue weighted by Crippen LogP contribution is -2.21. The van der Waals surface area contributed by atoms with Gasteiger partial charge in [-0.2, -0.15) is 10.1 Å². The molecule has 7 nitrogen and oxygen atoms in total. The molecule has 0 saturated heterocycles. The van der Waals surface area contributed by atoms with Gasteiger partial charge in [0.15, 0.2) is 0 Å². The van der Waals surface area contributed by atoms with E-state index in [1.807, 2.05) is 78.9 Å². The number of hydrogen-bond acceptors (Lipinski definition) is 5. The van der Waals surface area contributed by atoms with Crippen LogP contribution in [0.15, 0.2) is 118 Å². The van der Waals surface area contributed by atoms with Crippen LogP contribution in [0.2, 0.25) is 0 Å². The lowest BCUT2D eigenvalue weighted by atomic mass is 10.00. The molecule has 0 atom stereocenters. The number of benzene rings is 4. The van der Waals surface area contributed by atoms with Gasteiger partial charge < -0.3 is 4.74 Å². The molecular weight excluding hydrogens is 534 g/mol. The van der Waals surface area contributed by atoms with Gasteiger partial charge in [-0.15, -0.1) is 0 Å². The van der Waals surface area contributed by atoms with Crippen molar-refractivity contribution in [2.75, 3.05) is 5.01 Å². The van der Waals surface area contributed by atoms with Crippen LogP contribution in [0.3, 0.4) is 0 Å². The maximum Gasteiger partial charge on any atom is 0.281 e. The van der Waals surface area contributed by atoms with E-state index in [4.69, 9.17) is 4.74 Å². The second-order valence-electron chi connectivity index (χ2n) is 8.22. The number of non-ortho nitro benzene ring substituents is 1. The molecule has 0 N–H and O–H groups in total. The van der Waals surface area contributed by atoms with Crippen molar-refractivity contribution < 1.29 is 14.5 Å². The van der Waals surface area contributed by atoms with Crippen LogP contribution in [0.4, 0.5) is 11.4 Å². The minimum absolute atomic E-state index is 0.0215. The largest absolute Gasteiger partial charge is 0.488 e. The molecule has 5 rings (SSSR count). The van der Waals surface area contributed by atoms with Crippen molar-refractivity contribution in [2.24, 2.45) is 5.10 Å². The maximum atomic E-state index is 13.6. The van der Waals surface area contributed by atoms with Crippen LogP contribution >= 0.6 is 15.9 Å². The van der Waals surface area contributed by atoms with Crippen molar-refractivity contribution >= 4 is 45.0 Å². The van der Waals surface area contributed by atoms with E-state index >= 15 is 0 Å². The molecule has 1 aliphatic heterocycles. The first-order chi connectivity index (χ1) is 18.0. The van der Waals surface area contributed by atoms with Crippen LogP contribution in [-0.2, 0) is 11.4 Å². The normalized spacial score (nSPS) is 14.1. The second-order valence-corrected chi connectivity index (χ2v) is 9.14. The van der Waals surface area contributed by atoms with Crippen LogP contribution in [0, 0.1) is 10.1 Å². The zero-order valence-electron chi connectivity index (χ0n) is 19.5. The van der Waals surface area contributed by atoms with Crippen molar-refractivity contribution in [2.45, 2.75) is 6.61 Å². The highest BCUT2D eigenvalue weighted by Crippen LogP contribution is 2.31. The number of para-hydroxylation sites is 1. The van der Waals surface area contributed by atoms with Crippen LogP contribution in [0.1, 0.15) is 16.7 Å². The molecule has 0 spiro atoms. The molecule has 0 radical (unpaired) electrons. The molecule has 0 aromatic heterocycles. The number of hydrogen-bond donors (Lipinski definition) is 0. The summed E-state index contributed by atoms with van der Waals surface area (Å²) in [6.45, 7) is 0.208. The molecular formula is C29H20BrN3O4. The first-order valence-electron chi connectivity index (χ1n) is 11.4. The van der Waals surface area contributed by atoms with Crippen molar-refractivity contribution in [1.82, 2.24) is 0 Å². The number of nitro groups is 1. The molecule has 0 aliphatic carbocycles. The van der Waals surface area contributed by atoms with Gasteiger partial charge in [0.2, 0.25) is 0 Å². The molecule has 4 aromatic rings. The molecule has 0 saturated carbocycles. The number of carbonyl (C=O) groups is 1.